The molecule has 2 aromatic carbocycles. The first kappa shape index (κ1) is 19.9. The van der Waals surface area contributed by atoms with Crippen LogP contribution < -0.4 is 14.8 Å². The molecule has 0 unspecified atom stereocenters. The lowest BCUT2D eigenvalue weighted by Crippen LogP contribution is -2.31. The molecule has 0 aromatic heterocycles. The second-order valence-electron chi connectivity index (χ2n) is 5.98. The van der Waals surface area contributed by atoms with Gasteiger partial charge in [-0.1, -0.05) is 12.1 Å². The minimum absolute atomic E-state index is 0.0173. The fourth-order valence-electron chi connectivity index (χ4n) is 2.12. The van der Waals surface area contributed by atoms with Gasteiger partial charge in [0.25, 0.3) is 5.91 Å². The van der Waals surface area contributed by atoms with Gasteiger partial charge in [-0.2, -0.15) is 0 Å². The first-order chi connectivity index (χ1) is 12.2. The highest BCUT2D eigenvalue weighted by Crippen LogP contribution is 2.18. The normalized spacial score (nSPS) is 12.7. The molecule has 2 rings (SSSR count). The van der Waals surface area contributed by atoms with Gasteiger partial charge in [0.2, 0.25) is 10.0 Å². The minimum atomic E-state index is -3.60. The number of carbonyl (C=O) groups excluding carboxylic acids is 1. The van der Waals surface area contributed by atoms with Gasteiger partial charge in [-0.25, -0.2) is 17.5 Å². The summed E-state index contributed by atoms with van der Waals surface area (Å²) in [6.07, 6.45) is -0.932. The maximum atomic E-state index is 13.6. The van der Waals surface area contributed by atoms with E-state index in [0.29, 0.717) is 5.69 Å². The molecule has 140 valence electrons. The van der Waals surface area contributed by atoms with Crippen LogP contribution in [-0.2, 0) is 14.8 Å². The highest BCUT2D eigenvalue weighted by atomic mass is 32.2. The summed E-state index contributed by atoms with van der Waals surface area (Å²) in [7, 11) is -3.60. The maximum absolute atomic E-state index is 13.6. The first-order valence-electron chi connectivity index (χ1n) is 8.03. The zero-order chi connectivity index (χ0) is 19.3. The Balaban J connectivity index is 2.02. The van der Waals surface area contributed by atoms with Crippen LogP contribution in [-0.4, -0.2) is 26.5 Å². The average molecular weight is 380 g/mol. The second kappa shape index (κ2) is 8.29. The summed E-state index contributed by atoms with van der Waals surface area (Å²) in [5, 5.41) is 2.60. The Morgan fingerprint density at radius 3 is 2.23 bits per heavy atom. The molecule has 2 N–H and O–H groups in total. The van der Waals surface area contributed by atoms with E-state index in [9.17, 15) is 17.6 Å². The Morgan fingerprint density at radius 1 is 1.04 bits per heavy atom. The fourth-order valence-corrected chi connectivity index (χ4v) is 3.38. The van der Waals surface area contributed by atoms with E-state index in [-0.39, 0.29) is 16.7 Å². The quantitative estimate of drug-likeness (QED) is 0.774. The average Bonchev–Trinajstić information content (AvgIpc) is 2.56. The monoisotopic (exact) mass is 380 g/mol. The van der Waals surface area contributed by atoms with E-state index in [1.54, 1.807) is 19.9 Å². The van der Waals surface area contributed by atoms with Crippen LogP contribution in [0.2, 0.25) is 0 Å². The van der Waals surface area contributed by atoms with Crippen LogP contribution in [0.4, 0.5) is 10.1 Å². The van der Waals surface area contributed by atoms with E-state index in [1.165, 1.54) is 49.4 Å². The van der Waals surface area contributed by atoms with Crippen molar-refractivity contribution in [2.75, 3.05) is 5.32 Å². The molecule has 0 fully saturated rings. The SMILES string of the molecule is CC(C)NS(=O)(=O)c1ccc(NC(=O)[C@@H](C)Oc2ccccc2F)cc1. The van der Waals surface area contributed by atoms with Crippen LogP contribution in [0.3, 0.4) is 0 Å². The standard InChI is InChI=1S/C18H21FN2O4S/c1-12(2)21-26(23,24)15-10-8-14(9-11-15)20-18(22)13(3)25-17-7-5-4-6-16(17)19/h4-13,21H,1-3H3,(H,20,22)/t13-/m1/s1. The van der Waals surface area contributed by atoms with Crippen LogP contribution in [0.1, 0.15) is 20.8 Å². The summed E-state index contributed by atoms with van der Waals surface area (Å²) >= 11 is 0. The third-order valence-electron chi connectivity index (χ3n) is 3.33. The van der Waals surface area contributed by atoms with Gasteiger partial charge in [0.1, 0.15) is 0 Å². The number of benzene rings is 2. The largest absolute Gasteiger partial charge is 0.478 e. The third kappa shape index (κ3) is 5.27. The number of anilines is 1. The van der Waals surface area contributed by atoms with Crippen molar-refractivity contribution in [1.29, 1.82) is 0 Å². The van der Waals surface area contributed by atoms with E-state index in [0.717, 1.165) is 0 Å². The Morgan fingerprint density at radius 2 is 1.65 bits per heavy atom. The first-order valence-corrected chi connectivity index (χ1v) is 9.52. The predicted molar refractivity (Wildman–Crippen MR) is 97.0 cm³/mol. The molecule has 0 bridgehead atoms. The van der Waals surface area contributed by atoms with Crippen LogP contribution >= 0.6 is 0 Å². The van der Waals surface area contributed by atoms with E-state index < -0.39 is 27.9 Å². The maximum Gasteiger partial charge on any atom is 0.265 e. The van der Waals surface area contributed by atoms with Crippen LogP contribution in [0, 0.1) is 5.82 Å². The van der Waals surface area contributed by atoms with Crippen molar-refractivity contribution in [3.63, 3.8) is 0 Å². The van der Waals surface area contributed by atoms with E-state index in [4.69, 9.17) is 4.74 Å². The number of ether oxygens (including phenoxy) is 1. The molecule has 0 radical (unpaired) electrons. The molecule has 0 saturated carbocycles. The number of amides is 1. The van der Waals surface area contributed by atoms with Crippen LogP contribution in [0.15, 0.2) is 53.4 Å². The van der Waals surface area contributed by atoms with Gasteiger partial charge in [0, 0.05) is 11.7 Å². The van der Waals surface area contributed by atoms with Crippen molar-refractivity contribution in [3.8, 4) is 5.75 Å². The Hall–Kier alpha value is -2.45. The molecule has 0 spiro atoms. The topological polar surface area (TPSA) is 84.5 Å². The third-order valence-corrected chi connectivity index (χ3v) is 5.01. The zero-order valence-electron chi connectivity index (χ0n) is 14.7. The second-order valence-corrected chi connectivity index (χ2v) is 7.69. The molecule has 26 heavy (non-hydrogen) atoms. The number of hydrogen-bond donors (Lipinski definition) is 2. The molecule has 0 saturated heterocycles. The van der Waals surface area contributed by atoms with Crippen molar-refractivity contribution in [2.45, 2.75) is 37.8 Å². The van der Waals surface area contributed by atoms with E-state index in [1.807, 2.05) is 0 Å². The van der Waals surface area contributed by atoms with Crippen LogP contribution in [0.25, 0.3) is 0 Å². The molecule has 6 nitrogen and oxygen atoms in total. The van der Waals surface area contributed by atoms with Crippen molar-refractivity contribution in [2.24, 2.45) is 0 Å². The highest BCUT2D eigenvalue weighted by molar-refractivity contribution is 7.89. The summed E-state index contributed by atoms with van der Waals surface area (Å²) < 4.78 is 45.5. The van der Waals surface area contributed by atoms with Crippen molar-refractivity contribution in [1.82, 2.24) is 4.72 Å². The number of hydrogen-bond acceptors (Lipinski definition) is 4. The van der Waals surface area contributed by atoms with Gasteiger partial charge < -0.3 is 10.1 Å². The van der Waals surface area contributed by atoms with Gasteiger partial charge in [-0.05, 0) is 57.2 Å². The number of carbonyl (C=O) groups is 1. The molecule has 0 aliphatic carbocycles. The molecule has 2 aromatic rings. The van der Waals surface area contributed by atoms with Gasteiger partial charge >= 0.3 is 0 Å². The zero-order valence-corrected chi connectivity index (χ0v) is 15.5. The molecule has 1 amide bonds. The summed E-state index contributed by atoms with van der Waals surface area (Å²) in [6.45, 7) is 4.94. The molecule has 0 aliphatic rings. The lowest BCUT2D eigenvalue weighted by atomic mass is 10.3. The molecule has 0 heterocycles. The van der Waals surface area contributed by atoms with Crippen LogP contribution in [0.5, 0.6) is 5.75 Å². The van der Waals surface area contributed by atoms with Gasteiger partial charge in [-0.15, -0.1) is 0 Å². The number of halogens is 1. The fraction of sp³-hybridized carbons (Fsp3) is 0.278. The number of para-hydroxylation sites is 1. The summed E-state index contributed by atoms with van der Waals surface area (Å²) in [5.74, 6) is -1.06. The summed E-state index contributed by atoms with van der Waals surface area (Å²) in [6, 6.07) is 11.3. The van der Waals surface area contributed by atoms with Gasteiger partial charge in [0.15, 0.2) is 17.7 Å². The Labute approximate surface area is 152 Å². The van der Waals surface area contributed by atoms with Gasteiger partial charge in [-0.3, -0.25) is 4.79 Å². The minimum Gasteiger partial charge on any atom is -0.478 e. The molecular formula is C18H21FN2O4S. The predicted octanol–water partition coefficient (Wildman–Crippen LogP) is 2.92. The van der Waals surface area contributed by atoms with Gasteiger partial charge in [0.05, 0.1) is 4.90 Å². The summed E-state index contributed by atoms with van der Waals surface area (Å²) in [4.78, 5) is 12.3. The molecule has 0 aliphatic heterocycles. The lowest BCUT2D eigenvalue weighted by Gasteiger charge is -2.15. The molecular weight excluding hydrogens is 359 g/mol. The highest BCUT2D eigenvalue weighted by Gasteiger charge is 2.18. The Bertz CT molecular complexity index is 867. The Kier molecular flexibility index (Phi) is 6.33. The lowest BCUT2D eigenvalue weighted by molar-refractivity contribution is -0.122. The van der Waals surface area contributed by atoms with Crippen molar-refractivity contribution >= 4 is 21.6 Å². The summed E-state index contributed by atoms with van der Waals surface area (Å²) in [5.41, 5.74) is 0.405. The van der Waals surface area contributed by atoms with Crippen molar-refractivity contribution in [3.05, 3.63) is 54.3 Å². The van der Waals surface area contributed by atoms with E-state index >= 15 is 0 Å². The number of nitrogens with one attached hydrogen (secondary N) is 2. The van der Waals surface area contributed by atoms with Crippen molar-refractivity contribution < 1.29 is 22.3 Å². The molecule has 1 atom stereocenters. The molecule has 8 heteroatoms. The number of rotatable bonds is 7. The number of sulfonamides is 1. The van der Waals surface area contributed by atoms with E-state index in [2.05, 4.69) is 10.0 Å². The smallest absolute Gasteiger partial charge is 0.265 e.